The Balaban J connectivity index is 4.00. The van der Waals surface area contributed by atoms with Crippen molar-refractivity contribution < 1.29 is 4.79 Å². The topological polar surface area (TPSA) is 55.1 Å². The number of hydrogen-bond acceptors (Lipinski definition) is 2. The van der Waals surface area contributed by atoms with E-state index in [1.54, 1.807) is 0 Å². The molecule has 3 N–H and O–H groups in total. The van der Waals surface area contributed by atoms with E-state index in [0.717, 1.165) is 12.8 Å². The summed E-state index contributed by atoms with van der Waals surface area (Å²) in [6.07, 6.45) is 1.87. The lowest BCUT2D eigenvalue weighted by Crippen LogP contribution is -2.47. The zero-order valence-electron chi connectivity index (χ0n) is 9.13. The van der Waals surface area contributed by atoms with Gasteiger partial charge in [-0.25, -0.2) is 0 Å². The lowest BCUT2D eigenvalue weighted by Gasteiger charge is -2.24. The zero-order chi connectivity index (χ0) is 10.4. The summed E-state index contributed by atoms with van der Waals surface area (Å²) < 4.78 is 0. The average Bonchev–Trinajstić information content (AvgIpc) is 2.11. The third kappa shape index (κ3) is 4.27. The van der Waals surface area contributed by atoms with E-state index in [9.17, 15) is 4.79 Å². The quantitative estimate of drug-likeness (QED) is 0.656. The molecule has 0 aliphatic rings. The maximum Gasteiger partial charge on any atom is 0.234 e. The number of carbonyl (C=O) groups excluding carboxylic acids is 1. The van der Waals surface area contributed by atoms with Crippen LogP contribution in [-0.2, 0) is 4.79 Å². The molecule has 3 heteroatoms. The van der Waals surface area contributed by atoms with E-state index in [1.165, 1.54) is 0 Å². The molecular weight excluding hydrogens is 164 g/mol. The molecule has 0 rings (SSSR count). The van der Waals surface area contributed by atoms with Gasteiger partial charge >= 0.3 is 0 Å². The molecule has 0 saturated carbocycles. The van der Waals surface area contributed by atoms with E-state index < -0.39 is 0 Å². The van der Waals surface area contributed by atoms with Crippen LogP contribution in [0.5, 0.6) is 0 Å². The maximum atomic E-state index is 10.9. The second-order valence-electron chi connectivity index (χ2n) is 3.70. The first-order valence-corrected chi connectivity index (χ1v) is 5.08. The molecule has 0 aliphatic carbocycles. The molecule has 1 amide bonds. The van der Waals surface area contributed by atoms with Gasteiger partial charge in [-0.2, -0.15) is 0 Å². The van der Waals surface area contributed by atoms with Crippen molar-refractivity contribution in [3.63, 3.8) is 0 Å². The van der Waals surface area contributed by atoms with Crippen molar-refractivity contribution in [2.24, 2.45) is 11.7 Å². The van der Waals surface area contributed by atoms with Crippen molar-refractivity contribution in [3.8, 4) is 0 Å². The normalized spacial score (nSPS) is 17.8. The molecule has 0 aromatic heterocycles. The van der Waals surface area contributed by atoms with E-state index in [1.807, 2.05) is 6.92 Å². The summed E-state index contributed by atoms with van der Waals surface area (Å²) >= 11 is 0. The Morgan fingerprint density at radius 1 is 1.31 bits per heavy atom. The van der Waals surface area contributed by atoms with Crippen molar-refractivity contribution >= 4 is 5.91 Å². The standard InChI is InChI=1S/C10H22N2O/c1-5-7(3)8(4)12-9(6-2)10(11)13/h7-9,12H,5-6H2,1-4H3,(H2,11,13). The Kier molecular flexibility index (Phi) is 5.71. The zero-order valence-corrected chi connectivity index (χ0v) is 9.13. The molecule has 13 heavy (non-hydrogen) atoms. The van der Waals surface area contributed by atoms with Gasteiger partial charge < -0.3 is 11.1 Å². The first-order chi connectivity index (χ1) is 6.02. The van der Waals surface area contributed by atoms with Crippen LogP contribution in [0.25, 0.3) is 0 Å². The average molecular weight is 186 g/mol. The number of carbonyl (C=O) groups is 1. The molecule has 0 aromatic carbocycles. The smallest absolute Gasteiger partial charge is 0.234 e. The number of rotatable bonds is 6. The molecule has 0 heterocycles. The highest BCUT2D eigenvalue weighted by molar-refractivity contribution is 5.79. The van der Waals surface area contributed by atoms with Gasteiger partial charge in [0, 0.05) is 6.04 Å². The Bertz CT molecular complexity index is 159. The summed E-state index contributed by atoms with van der Waals surface area (Å²) in [5, 5.41) is 3.24. The van der Waals surface area contributed by atoms with Crippen molar-refractivity contribution in [1.29, 1.82) is 0 Å². The Morgan fingerprint density at radius 2 is 1.85 bits per heavy atom. The maximum absolute atomic E-state index is 10.9. The van der Waals surface area contributed by atoms with Crippen LogP contribution in [-0.4, -0.2) is 18.0 Å². The highest BCUT2D eigenvalue weighted by atomic mass is 16.1. The predicted molar refractivity (Wildman–Crippen MR) is 55.3 cm³/mol. The third-order valence-electron chi connectivity index (χ3n) is 2.71. The molecule has 0 radical (unpaired) electrons. The number of nitrogens with two attached hydrogens (primary N) is 1. The van der Waals surface area contributed by atoms with Crippen LogP contribution in [0.1, 0.15) is 40.5 Å². The van der Waals surface area contributed by atoms with Crippen molar-refractivity contribution in [3.05, 3.63) is 0 Å². The van der Waals surface area contributed by atoms with Gasteiger partial charge in [0.25, 0.3) is 0 Å². The number of hydrogen-bond donors (Lipinski definition) is 2. The second kappa shape index (κ2) is 5.97. The van der Waals surface area contributed by atoms with Gasteiger partial charge in [-0.05, 0) is 19.3 Å². The van der Waals surface area contributed by atoms with Crippen LogP contribution in [0.4, 0.5) is 0 Å². The van der Waals surface area contributed by atoms with Crippen LogP contribution in [0.15, 0.2) is 0 Å². The van der Waals surface area contributed by atoms with Gasteiger partial charge in [-0.15, -0.1) is 0 Å². The van der Waals surface area contributed by atoms with E-state index in [2.05, 4.69) is 26.1 Å². The summed E-state index contributed by atoms with van der Waals surface area (Å²) in [5.74, 6) is 0.325. The van der Waals surface area contributed by atoms with Crippen LogP contribution in [0.2, 0.25) is 0 Å². The molecule has 0 aromatic rings. The van der Waals surface area contributed by atoms with E-state index in [4.69, 9.17) is 5.73 Å². The fourth-order valence-electron chi connectivity index (χ4n) is 1.24. The van der Waals surface area contributed by atoms with Crippen molar-refractivity contribution in [2.75, 3.05) is 0 Å². The van der Waals surface area contributed by atoms with Gasteiger partial charge in [0.05, 0.1) is 6.04 Å². The minimum Gasteiger partial charge on any atom is -0.368 e. The molecule has 0 fully saturated rings. The van der Waals surface area contributed by atoms with Crippen molar-refractivity contribution in [1.82, 2.24) is 5.32 Å². The second-order valence-corrected chi connectivity index (χ2v) is 3.70. The molecule has 3 nitrogen and oxygen atoms in total. The van der Waals surface area contributed by atoms with Gasteiger partial charge in [-0.3, -0.25) is 4.79 Å². The molecule has 0 bridgehead atoms. The molecule has 78 valence electrons. The highest BCUT2D eigenvalue weighted by Gasteiger charge is 2.17. The summed E-state index contributed by atoms with van der Waals surface area (Å²) in [7, 11) is 0. The molecule has 0 aliphatic heterocycles. The van der Waals surface area contributed by atoms with Crippen LogP contribution in [0, 0.1) is 5.92 Å². The molecule has 3 atom stereocenters. The van der Waals surface area contributed by atoms with E-state index in [0.29, 0.717) is 12.0 Å². The lowest BCUT2D eigenvalue weighted by molar-refractivity contribution is -0.120. The largest absolute Gasteiger partial charge is 0.368 e. The van der Waals surface area contributed by atoms with E-state index >= 15 is 0 Å². The Labute approximate surface area is 81.1 Å². The first kappa shape index (κ1) is 12.4. The predicted octanol–water partition coefficient (Wildman–Crippen LogP) is 1.27. The SMILES string of the molecule is CCC(NC(C)C(C)CC)C(N)=O. The first-order valence-electron chi connectivity index (χ1n) is 5.08. The lowest BCUT2D eigenvalue weighted by atomic mass is 9.99. The fraction of sp³-hybridized carbons (Fsp3) is 0.900. The van der Waals surface area contributed by atoms with Crippen LogP contribution >= 0.6 is 0 Å². The Morgan fingerprint density at radius 3 is 2.15 bits per heavy atom. The van der Waals surface area contributed by atoms with Crippen LogP contribution in [0.3, 0.4) is 0 Å². The molecule has 3 unspecified atom stereocenters. The number of nitrogens with one attached hydrogen (secondary N) is 1. The highest BCUT2D eigenvalue weighted by Crippen LogP contribution is 2.08. The van der Waals surface area contributed by atoms with Crippen molar-refractivity contribution in [2.45, 2.75) is 52.6 Å². The summed E-state index contributed by atoms with van der Waals surface area (Å²) in [6, 6.07) is 0.173. The monoisotopic (exact) mass is 186 g/mol. The third-order valence-corrected chi connectivity index (χ3v) is 2.71. The number of amides is 1. The molecular formula is C10H22N2O. The number of primary amides is 1. The molecule has 0 saturated heterocycles. The minimum atomic E-state index is -0.252. The van der Waals surface area contributed by atoms with Gasteiger partial charge in [0.15, 0.2) is 0 Å². The van der Waals surface area contributed by atoms with Gasteiger partial charge in [0.1, 0.15) is 0 Å². The summed E-state index contributed by atoms with van der Waals surface area (Å²) in [6.45, 7) is 8.38. The van der Waals surface area contributed by atoms with Gasteiger partial charge in [0.2, 0.25) is 5.91 Å². The van der Waals surface area contributed by atoms with E-state index in [-0.39, 0.29) is 11.9 Å². The fourth-order valence-corrected chi connectivity index (χ4v) is 1.24. The van der Waals surface area contributed by atoms with Crippen LogP contribution < -0.4 is 11.1 Å². The summed E-state index contributed by atoms with van der Waals surface area (Å²) in [5.41, 5.74) is 5.24. The summed E-state index contributed by atoms with van der Waals surface area (Å²) in [4.78, 5) is 10.9. The minimum absolute atomic E-state index is 0.177. The van der Waals surface area contributed by atoms with Gasteiger partial charge in [-0.1, -0.05) is 27.2 Å². The molecule has 0 spiro atoms. The Hall–Kier alpha value is -0.570.